The van der Waals surface area contributed by atoms with Crippen LogP contribution in [0.1, 0.15) is 34.1 Å². The summed E-state index contributed by atoms with van der Waals surface area (Å²) in [6, 6.07) is 15.3. The summed E-state index contributed by atoms with van der Waals surface area (Å²) >= 11 is 0. The molecule has 1 amide bonds. The number of Topliss-reactive ketones (excluding diaryl/α,β-unsaturated/α-hetero) is 1. The number of likely N-dealkylation sites (tertiary alicyclic amines) is 1. The lowest BCUT2D eigenvalue weighted by atomic mass is 9.98. The number of ether oxygens (including phenoxy) is 1. The average Bonchev–Trinajstić information content (AvgIpc) is 3.38. The van der Waals surface area contributed by atoms with Crippen LogP contribution in [0.4, 0.5) is 0 Å². The lowest BCUT2D eigenvalue weighted by Gasteiger charge is -2.24. The van der Waals surface area contributed by atoms with Gasteiger partial charge in [0.2, 0.25) is 0 Å². The summed E-state index contributed by atoms with van der Waals surface area (Å²) in [6.45, 7) is 4.16. The average molecular weight is 417 g/mol. The third-order valence-corrected chi connectivity index (χ3v) is 5.54. The van der Waals surface area contributed by atoms with Crippen molar-refractivity contribution in [1.82, 2.24) is 4.90 Å². The van der Waals surface area contributed by atoms with E-state index in [1.165, 1.54) is 18.3 Å². The zero-order valence-electron chi connectivity index (χ0n) is 17.6. The second-order valence-electron chi connectivity index (χ2n) is 7.60. The van der Waals surface area contributed by atoms with Crippen LogP contribution in [0.25, 0.3) is 5.76 Å². The molecule has 1 N–H and O–H groups in total. The van der Waals surface area contributed by atoms with Crippen LogP contribution in [0.3, 0.4) is 0 Å². The first-order chi connectivity index (χ1) is 14.9. The van der Waals surface area contributed by atoms with Crippen molar-refractivity contribution in [3.05, 3.63) is 94.4 Å². The molecule has 4 rings (SSSR count). The summed E-state index contributed by atoms with van der Waals surface area (Å²) in [5, 5.41) is 11.1. The molecular weight excluding hydrogens is 394 g/mol. The summed E-state index contributed by atoms with van der Waals surface area (Å²) in [5.41, 5.74) is 3.39. The highest BCUT2D eigenvalue weighted by atomic mass is 16.5. The lowest BCUT2D eigenvalue weighted by molar-refractivity contribution is -0.140. The van der Waals surface area contributed by atoms with E-state index in [0.29, 0.717) is 17.1 Å². The normalized spacial score (nSPS) is 17.9. The minimum atomic E-state index is -0.832. The molecule has 1 unspecified atom stereocenters. The maximum absolute atomic E-state index is 13.1. The molecule has 0 bridgehead atoms. The van der Waals surface area contributed by atoms with Gasteiger partial charge in [-0.2, -0.15) is 0 Å². The highest BCUT2D eigenvalue weighted by Crippen LogP contribution is 2.41. The van der Waals surface area contributed by atoms with E-state index in [0.717, 1.165) is 16.7 Å². The molecule has 3 aromatic rings. The number of nitrogens with zero attached hydrogens (tertiary/aromatic N) is 1. The highest BCUT2D eigenvalue weighted by molar-refractivity contribution is 6.46. The molecule has 158 valence electrons. The van der Waals surface area contributed by atoms with Crippen molar-refractivity contribution in [1.29, 1.82) is 0 Å². The first-order valence-corrected chi connectivity index (χ1v) is 9.93. The Labute approximate surface area is 180 Å². The van der Waals surface area contributed by atoms with E-state index in [1.807, 2.05) is 32.0 Å². The lowest BCUT2D eigenvalue weighted by Crippen LogP contribution is -2.29. The monoisotopic (exact) mass is 417 g/mol. The quantitative estimate of drug-likeness (QED) is 0.375. The van der Waals surface area contributed by atoms with E-state index >= 15 is 0 Å². The Morgan fingerprint density at radius 1 is 1.10 bits per heavy atom. The highest BCUT2D eigenvalue weighted by Gasteiger charge is 2.47. The summed E-state index contributed by atoms with van der Waals surface area (Å²) in [7, 11) is 1.52. The van der Waals surface area contributed by atoms with Crippen molar-refractivity contribution in [3.8, 4) is 5.75 Å². The van der Waals surface area contributed by atoms with Gasteiger partial charge in [-0.05, 0) is 49.2 Å². The number of hydrogen-bond donors (Lipinski definition) is 1. The van der Waals surface area contributed by atoms with Gasteiger partial charge < -0.3 is 19.2 Å². The standard InChI is InChI=1S/C25H23NO5/c1-15-9-10-16(2)18(12-15)14-26-22(20-8-5-11-31-20)21(24(28)25(26)29)23(27)17-6-4-7-19(13-17)30-3/h4-13,22,27H,14H2,1-3H3/b23-21-. The third kappa shape index (κ3) is 3.72. The second-order valence-corrected chi connectivity index (χ2v) is 7.60. The number of carbonyl (C=O) groups excluding carboxylic acids is 2. The third-order valence-electron chi connectivity index (χ3n) is 5.54. The predicted molar refractivity (Wildman–Crippen MR) is 115 cm³/mol. The van der Waals surface area contributed by atoms with Crippen LogP contribution in [-0.4, -0.2) is 28.8 Å². The number of amides is 1. The largest absolute Gasteiger partial charge is 0.507 e. The fraction of sp³-hybridized carbons (Fsp3) is 0.200. The van der Waals surface area contributed by atoms with Gasteiger partial charge >= 0.3 is 0 Å². The maximum Gasteiger partial charge on any atom is 0.296 e. The number of hydrogen-bond acceptors (Lipinski definition) is 5. The van der Waals surface area contributed by atoms with Gasteiger partial charge in [-0.15, -0.1) is 0 Å². The van der Waals surface area contributed by atoms with Gasteiger partial charge in [0.1, 0.15) is 23.3 Å². The van der Waals surface area contributed by atoms with Crippen LogP contribution in [0.5, 0.6) is 5.75 Å². The Morgan fingerprint density at radius 3 is 2.61 bits per heavy atom. The predicted octanol–water partition coefficient (Wildman–Crippen LogP) is 4.53. The topological polar surface area (TPSA) is 80.0 Å². The molecule has 0 saturated carbocycles. The SMILES string of the molecule is COc1cccc(/C(O)=C2/C(=O)C(=O)N(Cc3cc(C)ccc3C)C2c2ccco2)c1. The molecule has 6 heteroatoms. The van der Waals surface area contributed by atoms with Gasteiger partial charge in [-0.1, -0.05) is 35.9 Å². The van der Waals surface area contributed by atoms with Crippen LogP contribution in [0.2, 0.25) is 0 Å². The van der Waals surface area contributed by atoms with Crippen LogP contribution >= 0.6 is 0 Å². The van der Waals surface area contributed by atoms with Crippen molar-refractivity contribution in [2.45, 2.75) is 26.4 Å². The molecule has 31 heavy (non-hydrogen) atoms. The molecule has 1 aliphatic rings. The number of aliphatic hydroxyl groups is 1. The second kappa shape index (κ2) is 8.14. The molecule has 0 spiro atoms. The Morgan fingerprint density at radius 2 is 1.90 bits per heavy atom. The first kappa shape index (κ1) is 20.5. The van der Waals surface area contributed by atoms with Crippen LogP contribution < -0.4 is 4.74 Å². The molecule has 2 heterocycles. The van der Waals surface area contributed by atoms with E-state index in [-0.39, 0.29) is 17.9 Å². The molecule has 2 aromatic carbocycles. The van der Waals surface area contributed by atoms with Crippen LogP contribution in [0, 0.1) is 13.8 Å². The molecular formula is C25H23NO5. The fourth-order valence-electron chi connectivity index (χ4n) is 3.87. The summed E-state index contributed by atoms with van der Waals surface area (Å²) in [5.74, 6) is -0.738. The van der Waals surface area contributed by atoms with Crippen LogP contribution in [0.15, 0.2) is 70.9 Å². The zero-order valence-corrected chi connectivity index (χ0v) is 17.6. The van der Waals surface area contributed by atoms with Gasteiger partial charge in [0.25, 0.3) is 11.7 Å². The smallest absolute Gasteiger partial charge is 0.296 e. The van der Waals surface area contributed by atoms with Crippen molar-refractivity contribution >= 4 is 17.4 Å². The van der Waals surface area contributed by atoms with Crippen molar-refractivity contribution in [2.24, 2.45) is 0 Å². The molecule has 1 atom stereocenters. The zero-order chi connectivity index (χ0) is 22.1. The minimum Gasteiger partial charge on any atom is -0.507 e. The number of aliphatic hydroxyl groups excluding tert-OH is 1. The molecule has 0 radical (unpaired) electrons. The molecule has 1 saturated heterocycles. The molecule has 6 nitrogen and oxygen atoms in total. The number of carbonyl (C=O) groups is 2. The van der Waals surface area contributed by atoms with Gasteiger partial charge in [-0.25, -0.2) is 0 Å². The summed E-state index contributed by atoms with van der Waals surface area (Å²) in [4.78, 5) is 27.5. The number of rotatable bonds is 5. The van der Waals surface area contributed by atoms with E-state index in [2.05, 4.69) is 0 Å². The van der Waals surface area contributed by atoms with E-state index < -0.39 is 17.7 Å². The van der Waals surface area contributed by atoms with E-state index in [1.54, 1.807) is 36.4 Å². The Kier molecular flexibility index (Phi) is 5.38. The molecule has 1 aromatic heterocycles. The van der Waals surface area contributed by atoms with Crippen molar-refractivity contribution in [3.63, 3.8) is 0 Å². The van der Waals surface area contributed by atoms with Gasteiger partial charge in [-0.3, -0.25) is 9.59 Å². The minimum absolute atomic E-state index is 0.00138. The summed E-state index contributed by atoms with van der Waals surface area (Å²) in [6.07, 6.45) is 1.49. The molecule has 1 fully saturated rings. The number of ketones is 1. The number of methoxy groups -OCH3 is 1. The maximum atomic E-state index is 13.1. The van der Waals surface area contributed by atoms with Gasteiger partial charge in [0.05, 0.1) is 18.9 Å². The number of furan rings is 1. The van der Waals surface area contributed by atoms with E-state index in [9.17, 15) is 14.7 Å². The Bertz CT molecular complexity index is 1180. The Balaban J connectivity index is 1.84. The first-order valence-electron chi connectivity index (χ1n) is 9.93. The number of aryl methyl sites for hydroxylation is 2. The fourth-order valence-corrected chi connectivity index (χ4v) is 3.87. The van der Waals surface area contributed by atoms with E-state index in [4.69, 9.17) is 9.15 Å². The molecule has 1 aliphatic heterocycles. The van der Waals surface area contributed by atoms with Crippen molar-refractivity contribution in [2.75, 3.05) is 7.11 Å². The van der Waals surface area contributed by atoms with Crippen molar-refractivity contribution < 1.29 is 23.8 Å². The Hall–Kier alpha value is -3.80. The number of benzene rings is 2. The van der Waals surface area contributed by atoms with Gasteiger partial charge in [0.15, 0.2) is 0 Å². The van der Waals surface area contributed by atoms with Gasteiger partial charge in [0, 0.05) is 12.1 Å². The summed E-state index contributed by atoms with van der Waals surface area (Å²) < 4.78 is 10.8. The molecule has 0 aliphatic carbocycles. The van der Waals surface area contributed by atoms with Crippen LogP contribution in [-0.2, 0) is 16.1 Å².